The number of rotatable bonds is 5. The van der Waals surface area contributed by atoms with Gasteiger partial charge in [-0.05, 0) is 86.2 Å². The van der Waals surface area contributed by atoms with E-state index in [1.54, 1.807) is 42.5 Å². The fraction of sp³-hybridized carbons (Fsp3) is 0.130. The van der Waals surface area contributed by atoms with Gasteiger partial charge in [0.25, 0.3) is 5.91 Å². The van der Waals surface area contributed by atoms with Crippen molar-refractivity contribution in [2.24, 2.45) is 0 Å². The average Bonchev–Trinajstić information content (AvgIpc) is 3.17. The number of nitrogens with zero attached hydrogens (tertiary/aromatic N) is 3. The first-order valence-corrected chi connectivity index (χ1v) is 10.3. The molecule has 1 amide bonds. The molecule has 4 rings (SSSR count). The monoisotopic (exact) mass is 449 g/mol. The molecule has 162 valence electrons. The quantitative estimate of drug-likeness (QED) is 0.440. The maximum atomic E-state index is 13.2. The number of hydrogen-bond acceptors (Lipinski definition) is 5. The molecular formula is C23H20FN5O2S. The number of anilines is 1. The molecular weight excluding hydrogens is 429 g/mol. The highest BCUT2D eigenvalue weighted by atomic mass is 32.1. The highest BCUT2D eigenvalue weighted by Gasteiger charge is 2.12. The number of ether oxygens (including phenoxy) is 1. The first kappa shape index (κ1) is 21.4. The number of aryl methyl sites for hydroxylation is 1. The van der Waals surface area contributed by atoms with Gasteiger partial charge in [0.2, 0.25) is 0 Å². The van der Waals surface area contributed by atoms with Crippen molar-refractivity contribution in [2.45, 2.75) is 13.8 Å². The second kappa shape index (κ2) is 9.11. The molecule has 0 bridgehead atoms. The number of hydrogen-bond donors (Lipinski definition) is 2. The van der Waals surface area contributed by atoms with Gasteiger partial charge in [0.1, 0.15) is 22.6 Å². The molecule has 1 aromatic heterocycles. The minimum Gasteiger partial charge on any atom is -0.494 e. The molecule has 0 unspecified atom stereocenters. The van der Waals surface area contributed by atoms with E-state index in [-0.39, 0.29) is 16.8 Å². The lowest BCUT2D eigenvalue weighted by molar-refractivity contribution is 0.0977. The third kappa shape index (κ3) is 4.73. The molecule has 9 heteroatoms. The van der Waals surface area contributed by atoms with E-state index in [4.69, 9.17) is 17.0 Å². The molecule has 3 aromatic carbocycles. The van der Waals surface area contributed by atoms with Crippen LogP contribution in [0.15, 0.2) is 60.7 Å². The van der Waals surface area contributed by atoms with Crippen LogP contribution in [0.5, 0.6) is 5.75 Å². The lowest BCUT2D eigenvalue weighted by Gasteiger charge is -2.12. The highest BCUT2D eigenvalue weighted by Crippen LogP contribution is 2.22. The second-order valence-electron chi connectivity index (χ2n) is 6.99. The molecule has 0 aliphatic carbocycles. The van der Waals surface area contributed by atoms with E-state index >= 15 is 0 Å². The van der Waals surface area contributed by atoms with Gasteiger partial charge in [0.15, 0.2) is 5.11 Å². The van der Waals surface area contributed by atoms with E-state index in [1.165, 1.54) is 16.9 Å². The predicted octanol–water partition coefficient (Wildman–Crippen LogP) is 4.39. The van der Waals surface area contributed by atoms with Crippen LogP contribution in [0.25, 0.3) is 16.7 Å². The van der Waals surface area contributed by atoms with Crippen molar-refractivity contribution in [3.63, 3.8) is 0 Å². The van der Waals surface area contributed by atoms with Gasteiger partial charge >= 0.3 is 0 Å². The minimum atomic E-state index is -0.343. The first-order chi connectivity index (χ1) is 15.4. The number of halogens is 1. The molecule has 4 aromatic rings. The van der Waals surface area contributed by atoms with Gasteiger partial charge in [-0.1, -0.05) is 6.07 Å². The lowest BCUT2D eigenvalue weighted by Crippen LogP contribution is -2.34. The molecule has 0 saturated carbocycles. The van der Waals surface area contributed by atoms with Crippen LogP contribution in [0.1, 0.15) is 22.8 Å². The van der Waals surface area contributed by atoms with E-state index in [0.717, 1.165) is 5.56 Å². The smallest absolute Gasteiger partial charge is 0.257 e. The first-order valence-electron chi connectivity index (χ1n) is 9.92. The number of nitrogens with one attached hydrogen (secondary N) is 2. The summed E-state index contributed by atoms with van der Waals surface area (Å²) in [5, 5.41) is 14.8. The van der Waals surface area contributed by atoms with Crippen molar-refractivity contribution < 1.29 is 13.9 Å². The van der Waals surface area contributed by atoms with Gasteiger partial charge in [0.05, 0.1) is 12.3 Å². The third-order valence-corrected chi connectivity index (χ3v) is 4.87. The Bertz CT molecular complexity index is 1300. The Kier molecular flexibility index (Phi) is 6.09. The zero-order valence-electron chi connectivity index (χ0n) is 17.4. The van der Waals surface area contributed by atoms with E-state index < -0.39 is 0 Å². The van der Waals surface area contributed by atoms with Crippen LogP contribution in [0.2, 0.25) is 0 Å². The Morgan fingerprint density at radius 3 is 2.53 bits per heavy atom. The van der Waals surface area contributed by atoms with Crippen LogP contribution < -0.4 is 15.4 Å². The van der Waals surface area contributed by atoms with Crippen LogP contribution in [-0.4, -0.2) is 32.6 Å². The number of benzene rings is 3. The van der Waals surface area contributed by atoms with Gasteiger partial charge < -0.3 is 10.1 Å². The molecule has 0 saturated heterocycles. The molecule has 0 radical (unpaired) electrons. The molecule has 0 atom stereocenters. The Balaban J connectivity index is 1.50. The minimum absolute atomic E-state index is 0.158. The van der Waals surface area contributed by atoms with Crippen molar-refractivity contribution in [1.29, 1.82) is 0 Å². The van der Waals surface area contributed by atoms with Gasteiger partial charge in [-0.2, -0.15) is 4.80 Å². The summed E-state index contributed by atoms with van der Waals surface area (Å²) in [6.45, 7) is 4.29. The normalized spacial score (nSPS) is 10.7. The summed E-state index contributed by atoms with van der Waals surface area (Å²) in [6, 6.07) is 16.5. The summed E-state index contributed by atoms with van der Waals surface area (Å²) in [6.07, 6.45) is 0. The van der Waals surface area contributed by atoms with Crippen molar-refractivity contribution in [3.8, 4) is 11.4 Å². The fourth-order valence-corrected chi connectivity index (χ4v) is 3.32. The molecule has 0 fully saturated rings. The van der Waals surface area contributed by atoms with E-state index in [0.29, 0.717) is 40.3 Å². The topological polar surface area (TPSA) is 81.1 Å². The van der Waals surface area contributed by atoms with Gasteiger partial charge in [-0.15, -0.1) is 10.2 Å². The number of aromatic nitrogens is 3. The summed E-state index contributed by atoms with van der Waals surface area (Å²) in [7, 11) is 0. The number of thiocarbonyl (C=S) groups is 1. The van der Waals surface area contributed by atoms with Crippen LogP contribution in [0, 0.1) is 12.7 Å². The Morgan fingerprint density at radius 1 is 1.09 bits per heavy atom. The zero-order chi connectivity index (χ0) is 22.7. The Morgan fingerprint density at radius 2 is 1.81 bits per heavy atom. The summed E-state index contributed by atoms with van der Waals surface area (Å²) in [4.78, 5) is 14.0. The summed E-state index contributed by atoms with van der Waals surface area (Å²) < 4.78 is 18.6. The SMILES string of the molecule is CCOc1cccc(C(=O)NC(=S)Nc2cc3nn(-c4ccc(F)cc4)nc3cc2C)c1. The molecule has 1 heterocycles. The van der Waals surface area contributed by atoms with E-state index in [1.807, 2.05) is 19.9 Å². The number of carbonyl (C=O) groups excluding carboxylic acids is 1. The van der Waals surface area contributed by atoms with Gasteiger partial charge in [-0.25, -0.2) is 4.39 Å². The molecule has 0 spiro atoms. The Hall–Kier alpha value is -3.85. The lowest BCUT2D eigenvalue weighted by atomic mass is 10.2. The fourth-order valence-electron chi connectivity index (χ4n) is 3.12. The molecule has 32 heavy (non-hydrogen) atoms. The predicted molar refractivity (Wildman–Crippen MR) is 125 cm³/mol. The summed E-state index contributed by atoms with van der Waals surface area (Å²) >= 11 is 5.32. The molecule has 7 nitrogen and oxygen atoms in total. The van der Waals surface area contributed by atoms with E-state index in [2.05, 4.69) is 20.8 Å². The number of fused-ring (bicyclic) bond motifs is 1. The van der Waals surface area contributed by atoms with Crippen LogP contribution in [-0.2, 0) is 0 Å². The number of amides is 1. The third-order valence-electron chi connectivity index (χ3n) is 4.67. The number of carbonyl (C=O) groups is 1. The van der Waals surface area contributed by atoms with Crippen LogP contribution in [0.3, 0.4) is 0 Å². The van der Waals surface area contributed by atoms with Crippen molar-refractivity contribution in [3.05, 3.63) is 77.6 Å². The second-order valence-corrected chi connectivity index (χ2v) is 7.40. The van der Waals surface area contributed by atoms with Crippen molar-refractivity contribution >= 4 is 40.0 Å². The summed E-state index contributed by atoms with van der Waals surface area (Å²) in [5.74, 6) is -0.0532. The Labute approximate surface area is 189 Å². The zero-order valence-corrected chi connectivity index (χ0v) is 18.2. The van der Waals surface area contributed by atoms with Gasteiger partial charge in [0, 0.05) is 11.3 Å². The van der Waals surface area contributed by atoms with Crippen LogP contribution in [0.4, 0.5) is 10.1 Å². The maximum Gasteiger partial charge on any atom is 0.257 e. The molecule has 0 aliphatic rings. The summed E-state index contributed by atoms with van der Waals surface area (Å²) in [5.41, 5.74) is 3.96. The van der Waals surface area contributed by atoms with Crippen molar-refractivity contribution in [1.82, 2.24) is 20.3 Å². The molecule has 2 N–H and O–H groups in total. The largest absolute Gasteiger partial charge is 0.494 e. The maximum absolute atomic E-state index is 13.2. The standard InChI is InChI=1S/C23H20FN5O2S/c1-3-31-18-6-4-5-15(12-18)22(30)26-23(32)25-19-13-21-20(11-14(19)2)27-29(28-21)17-9-7-16(24)8-10-17/h4-13H,3H2,1-2H3,(H2,25,26,30,32). The average molecular weight is 450 g/mol. The van der Waals surface area contributed by atoms with Gasteiger partial charge in [-0.3, -0.25) is 10.1 Å². The highest BCUT2D eigenvalue weighted by molar-refractivity contribution is 7.80. The molecule has 0 aliphatic heterocycles. The van der Waals surface area contributed by atoms with Crippen molar-refractivity contribution in [2.75, 3.05) is 11.9 Å². The van der Waals surface area contributed by atoms with Crippen LogP contribution >= 0.6 is 12.2 Å². The van der Waals surface area contributed by atoms with E-state index in [9.17, 15) is 9.18 Å².